The van der Waals surface area contributed by atoms with Crippen LogP contribution in [0.1, 0.15) is 16.8 Å². The molecule has 0 radical (unpaired) electrons. The molecule has 0 aliphatic rings. The van der Waals surface area contributed by atoms with Crippen LogP contribution < -0.4 is 10.6 Å². The molecule has 0 saturated carbocycles. The van der Waals surface area contributed by atoms with Crippen molar-refractivity contribution in [3.05, 3.63) is 76.3 Å². The Hall–Kier alpha value is -3.07. The molecule has 1 heterocycles. The highest BCUT2D eigenvalue weighted by Crippen LogP contribution is 2.28. The van der Waals surface area contributed by atoms with Gasteiger partial charge in [-0.15, -0.1) is 0 Å². The summed E-state index contributed by atoms with van der Waals surface area (Å²) in [7, 11) is 0. The Bertz CT molecular complexity index is 1050. The number of pyridine rings is 1. The molecule has 140 valence electrons. The molecule has 0 unspecified atom stereocenters. The first-order chi connectivity index (χ1) is 13.6. The molecule has 0 spiro atoms. The number of halogens is 2. The second-order valence-corrected chi connectivity index (χ2v) is 6.75. The Kier molecular flexibility index (Phi) is 6.49. The van der Waals surface area contributed by atoms with E-state index in [-0.39, 0.29) is 12.3 Å². The number of aromatic nitrogens is 1. The third kappa shape index (κ3) is 5.01. The van der Waals surface area contributed by atoms with Crippen molar-refractivity contribution in [1.82, 2.24) is 10.3 Å². The number of nitriles is 1. The van der Waals surface area contributed by atoms with Crippen molar-refractivity contribution in [3.8, 4) is 17.3 Å². The maximum absolute atomic E-state index is 12.2. The van der Waals surface area contributed by atoms with Gasteiger partial charge in [0.05, 0.1) is 28.9 Å². The molecule has 0 fully saturated rings. The van der Waals surface area contributed by atoms with Crippen molar-refractivity contribution in [2.24, 2.45) is 0 Å². The molecule has 28 heavy (non-hydrogen) atoms. The van der Waals surface area contributed by atoms with E-state index in [9.17, 15) is 4.79 Å². The molecule has 1 amide bonds. The number of benzene rings is 2. The van der Waals surface area contributed by atoms with E-state index in [1.54, 1.807) is 36.4 Å². The fourth-order valence-electron chi connectivity index (χ4n) is 2.55. The van der Waals surface area contributed by atoms with Gasteiger partial charge in [0.2, 0.25) is 0 Å². The van der Waals surface area contributed by atoms with Crippen LogP contribution in [0.25, 0.3) is 11.3 Å². The monoisotopic (exact) mass is 410 g/mol. The lowest BCUT2D eigenvalue weighted by Crippen LogP contribution is -2.24. The Morgan fingerprint density at radius 1 is 1.07 bits per heavy atom. The zero-order chi connectivity index (χ0) is 19.9. The Morgan fingerprint density at radius 3 is 2.68 bits per heavy atom. The van der Waals surface area contributed by atoms with E-state index in [4.69, 9.17) is 28.5 Å². The number of rotatable bonds is 6. The van der Waals surface area contributed by atoms with Gasteiger partial charge in [-0.3, -0.25) is 4.79 Å². The van der Waals surface area contributed by atoms with E-state index >= 15 is 0 Å². The number of nitrogens with zero attached hydrogens (tertiary/aromatic N) is 2. The van der Waals surface area contributed by atoms with Gasteiger partial charge in [-0.2, -0.15) is 5.26 Å². The lowest BCUT2D eigenvalue weighted by atomic mass is 10.1. The molecule has 1 aromatic heterocycles. The number of hydrogen-bond donors (Lipinski definition) is 2. The van der Waals surface area contributed by atoms with E-state index < -0.39 is 0 Å². The highest BCUT2D eigenvalue weighted by Gasteiger charge is 2.09. The number of amides is 1. The van der Waals surface area contributed by atoms with Crippen molar-refractivity contribution in [2.75, 3.05) is 11.9 Å². The average molecular weight is 411 g/mol. The summed E-state index contributed by atoms with van der Waals surface area (Å²) in [6.45, 7) is 0.319. The van der Waals surface area contributed by atoms with Crippen LogP contribution in [0.5, 0.6) is 0 Å². The normalized spacial score (nSPS) is 10.2. The van der Waals surface area contributed by atoms with E-state index in [1.807, 2.05) is 30.3 Å². The third-order valence-corrected chi connectivity index (χ3v) is 4.43. The smallest absolute Gasteiger partial charge is 0.251 e. The number of anilines is 2. The summed E-state index contributed by atoms with van der Waals surface area (Å²) in [6.07, 6.45) is 0.272. The van der Waals surface area contributed by atoms with Crippen LogP contribution >= 0.6 is 23.2 Å². The predicted octanol–water partition coefficient (Wildman–Crippen LogP) is 5.44. The van der Waals surface area contributed by atoms with Gasteiger partial charge in [0.15, 0.2) is 0 Å². The number of carbonyl (C=O) groups is 1. The van der Waals surface area contributed by atoms with Crippen LogP contribution in [0.2, 0.25) is 10.0 Å². The van der Waals surface area contributed by atoms with Gasteiger partial charge in [0.1, 0.15) is 5.82 Å². The van der Waals surface area contributed by atoms with Crippen LogP contribution in [0.4, 0.5) is 11.5 Å². The molecule has 0 aliphatic carbocycles. The van der Waals surface area contributed by atoms with Crippen LogP contribution in [0.3, 0.4) is 0 Å². The number of hydrogen-bond acceptors (Lipinski definition) is 4. The Labute approximate surface area is 172 Å². The summed E-state index contributed by atoms with van der Waals surface area (Å²) in [4.78, 5) is 16.8. The molecule has 3 aromatic rings. The summed E-state index contributed by atoms with van der Waals surface area (Å²) in [5, 5.41) is 15.5. The molecular weight excluding hydrogens is 395 g/mol. The second kappa shape index (κ2) is 9.23. The van der Waals surface area contributed by atoms with Crippen molar-refractivity contribution in [3.63, 3.8) is 0 Å². The molecule has 0 aliphatic heterocycles. The molecule has 0 bridgehead atoms. The van der Waals surface area contributed by atoms with Gasteiger partial charge in [-0.25, -0.2) is 4.98 Å². The van der Waals surface area contributed by atoms with Crippen LogP contribution in [-0.2, 0) is 0 Å². The first-order valence-corrected chi connectivity index (χ1v) is 9.27. The van der Waals surface area contributed by atoms with Gasteiger partial charge in [-0.05, 0) is 42.5 Å². The lowest BCUT2D eigenvalue weighted by Gasteiger charge is -2.10. The highest BCUT2D eigenvalue weighted by atomic mass is 35.5. The largest absolute Gasteiger partial charge is 0.351 e. The first-order valence-electron chi connectivity index (χ1n) is 8.51. The molecule has 2 N–H and O–H groups in total. The van der Waals surface area contributed by atoms with Crippen molar-refractivity contribution in [1.29, 1.82) is 5.26 Å². The topological polar surface area (TPSA) is 77.8 Å². The van der Waals surface area contributed by atoms with Crippen molar-refractivity contribution in [2.45, 2.75) is 6.42 Å². The summed E-state index contributed by atoms with van der Waals surface area (Å²) >= 11 is 12.1. The van der Waals surface area contributed by atoms with Gasteiger partial charge in [-0.1, -0.05) is 41.4 Å². The van der Waals surface area contributed by atoms with Gasteiger partial charge in [0, 0.05) is 22.7 Å². The fourth-order valence-corrected chi connectivity index (χ4v) is 3.00. The quantitative estimate of drug-likeness (QED) is 0.530. The minimum absolute atomic E-state index is 0.223. The molecule has 0 saturated heterocycles. The van der Waals surface area contributed by atoms with Gasteiger partial charge in [0.25, 0.3) is 5.91 Å². The zero-order valence-electron chi connectivity index (χ0n) is 14.7. The zero-order valence-corrected chi connectivity index (χ0v) is 16.3. The van der Waals surface area contributed by atoms with E-state index in [0.717, 1.165) is 5.56 Å². The Balaban J connectivity index is 1.81. The van der Waals surface area contributed by atoms with Crippen LogP contribution in [0, 0.1) is 11.3 Å². The minimum Gasteiger partial charge on any atom is -0.351 e. The first kappa shape index (κ1) is 19.7. The fraction of sp³-hybridized carbons (Fsp3) is 0.0952. The van der Waals surface area contributed by atoms with Crippen LogP contribution in [-0.4, -0.2) is 17.4 Å². The molecule has 0 atom stereocenters. The molecule has 5 nitrogen and oxygen atoms in total. The highest BCUT2D eigenvalue weighted by molar-refractivity contribution is 6.36. The third-order valence-electron chi connectivity index (χ3n) is 3.89. The summed E-state index contributed by atoms with van der Waals surface area (Å²) in [5.41, 5.74) is 2.72. The molecule has 2 aromatic carbocycles. The van der Waals surface area contributed by atoms with E-state index in [1.165, 1.54) is 0 Å². The standard InChI is InChI=1S/C21H16Cl2N4O/c22-16-8-9-19(17(23)13-16)27-20-7-2-6-18(26-20)14-4-1-5-15(12-14)21(28)25-11-3-10-24/h1-2,4-9,12-13H,3,11H2,(H,25,28)(H,26,27). The lowest BCUT2D eigenvalue weighted by molar-refractivity contribution is 0.0954. The molecule has 3 rings (SSSR count). The number of nitrogens with one attached hydrogen (secondary N) is 2. The van der Waals surface area contributed by atoms with Crippen LogP contribution in [0.15, 0.2) is 60.7 Å². The summed E-state index contributed by atoms with van der Waals surface area (Å²) < 4.78 is 0. The average Bonchev–Trinajstić information content (AvgIpc) is 2.70. The van der Waals surface area contributed by atoms with Crippen molar-refractivity contribution >= 4 is 40.6 Å². The molecular formula is C21H16Cl2N4O. The van der Waals surface area contributed by atoms with Gasteiger partial charge >= 0.3 is 0 Å². The van der Waals surface area contributed by atoms with E-state index in [0.29, 0.717) is 39.4 Å². The van der Waals surface area contributed by atoms with E-state index in [2.05, 4.69) is 15.6 Å². The maximum Gasteiger partial charge on any atom is 0.251 e. The number of carbonyl (C=O) groups excluding carboxylic acids is 1. The second-order valence-electron chi connectivity index (χ2n) is 5.90. The predicted molar refractivity (Wildman–Crippen MR) is 112 cm³/mol. The SMILES string of the molecule is N#CCCNC(=O)c1cccc(-c2cccc(Nc3ccc(Cl)cc3Cl)n2)c1. The van der Waals surface area contributed by atoms with Crippen molar-refractivity contribution < 1.29 is 4.79 Å². The summed E-state index contributed by atoms with van der Waals surface area (Å²) in [5.74, 6) is 0.393. The molecule has 7 heteroatoms. The maximum atomic E-state index is 12.2. The Morgan fingerprint density at radius 2 is 1.89 bits per heavy atom. The minimum atomic E-state index is -0.223. The van der Waals surface area contributed by atoms with Gasteiger partial charge < -0.3 is 10.6 Å². The summed E-state index contributed by atoms with van der Waals surface area (Å²) in [6, 6.07) is 19.9.